The number of fused-ring (bicyclic) bond motifs is 1. The van der Waals surface area contributed by atoms with Gasteiger partial charge in [-0.25, -0.2) is 0 Å². The van der Waals surface area contributed by atoms with Crippen LogP contribution in [0.2, 0.25) is 0 Å². The first kappa shape index (κ1) is 19.0. The molecule has 0 aliphatic rings. The van der Waals surface area contributed by atoms with E-state index in [1.807, 2.05) is 71.0 Å². The maximum Gasteiger partial charge on any atom is 0.224 e. The van der Waals surface area contributed by atoms with Gasteiger partial charge in [0.2, 0.25) is 11.8 Å². The van der Waals surface area contributed by atoms with Crippen LogP contribution < -0.4 is 10.6 Å². The van der Waals surface area contributed by atoms with E-state index in [9.17, 15) is 9.59 Å². The summed E-state index contributed by atoms with van der Waals surface area (Å²) >= 11 is 0. The molecule has 0 bridgehead atoms. The number of benzene rings is 2. The molecule has 0 saturated carbocycles. The summed E-state index contributed by atoms with van der Waals surface area (Å²) in [4.78, 5) is 24.0. The molecule has 2 aromatic carbocycles. The van der Waals surface area contributed by atoms with Gasteiger partial charge in [-0.15, -0.1) is 0 Å². The van der Waals surface area contributed by atoms with E-state index in [1.54, 1.807) is 0 Å². The van der Waals surface area contributed by atoms with E-state index < -0.39 is 0 Å². The normalized spacial score (nSPS) is 11.6. The smallest absolute Gasteiger partial charge is 0.224 e. The Balaban J connectivity index is 2.10. The number of carbonyl (C=O) groups excluding carboxylic acids is 2. The van der Waals surface area contributed by atoms with Crippen LogP contribution in [0, 0.1) is 11.3 Å². The first-order valence-corrected chi connectivity index (χ1v) is 8.76. The molecule has 2 amide bonds. The van der Waals surface area contributed by atoms with Crippen LogP contribution in [-0.2, 0) is 9.59 Å². The Morgan fingerprint density at radius 2 is 1.36 bits per heavy atom. The number of amides is 2. The summed E-state index contributed by atoms with van der Waals surface area (Å²) in [6, 6.07) is 11.6. The highest BCUT2D eigenvalue weighted by Crippen LogP contribution is 2.24. The van der Waals surface area contributed by atoms with Crippen LogP contribution in [0.5, 0.6) is 0 Å². The molecule has 0 spiro atoms. The molecule has 2 rings (SSSR count). The third kappa shape index (κ3) is 6.22. The van der Waals surface area contributed by atoms with Gasteiger partial charge < -0.3 is 10.6 Å². The second kappa shape index (κ2) is 7.68. The van der Waals surface area contributed by atoms with Crippen molar-refractivity contribution >= 4 is 34.0 Å². The second-order valence-corrected chi connectivity index (χ2v) is 8.21. The Hall–Kier alpha value is -2.36. The Bertz CT molecular complexity index is 773. The number of hydrogen-bond acceptors (Lipinski definition) is 2. The highest BCUT2D eigenvalue weighted by atomic mass is 16.2. The molecular weight excluding hydrogens is 312 g/mol. The fraction of sp³-hybridized carbons (Fsp3) is 0.429. The zero-order chi connectivity index (χ0) is 18.6. The van der Waals surface area contributed by atoms with Crippen molar-refractivity contribution in [2.24, 2.45) is 11.3 Å². The number of carbonyl (C=O) groups is 2. The van der Waals surface area contributed by atoms with Crippen LogP contribution in [0.25, 0.3) is 10.8 Å². The summed E-state index contributed by atoms with van der Waals surface area (Å²) in [6.45, 7) is 10.2. The first-order valence-electron chi connectivity index (χ1n) is 8.76. The largest absolute Gasteiger partial charge is 0.326 e. The van der Waals surface area contributed by atoms with Gasteiger partial charge in [-0.05, 0) is 46.4 Å². The highest BCUT2D eigenvalue weighted by Gasteiger charge is 2.16. The lowest BCUT2D eigenvalue weighted by Gasteiger charge is -2.17. The molecule has 0 unspecified atom stereocenters. The van der Waals surface area contributed by atoms with E-state index in [2.05, 4.69) is 10.6 Å². The molecule has 2 aromatic rings. The average Bonchev–Trinajstić information content (AvgIpc) is 2.44. The molecule has 0 radical (unpaired) electrons. The lowest BCUT2D eigenvalue weighted by Crippen LogP contribution is -2.19. The summed E-state index contributed by atoms with van der Waals surface area (Å²) in [5.74, 6) is 0.379. The first-order chi connectivity index (χ1) is 11.6. The predicted octanol–water partition coefficient (Wildman–Crippen LogP) is 5.20. The lowest BCUT2D eigenvalue weighted by atomic mass is 9.92. The van der Waals surface area contributed by atoms with Gasteiger partial charge in [0, 0.05) is 24.2 Å². The van der Waals surface area contributed by atoms with Crippen LogP contribution in [0.15, 0.2) is 36.4 Å². The third-order valence-electron chi connectivity index (χ3n) is 3.69. The summed E-state index contributed by atoms with van der Waals surface area (Å²) in [5.41, 5.74) is 1.55. The molecule has 0 fully saturated rings. The summed E-state index contributed by atoms with van der Waals surface area (Å²) in [7, 11) is 0. The Labute approximate surface area is 150 Å². The van der Waals surface area contributed by atoms with Gasteiger partial charge in [-0.3, -0.25) is 9.59 Å². The van der Waals surface area contributed by atoms with Gasteiger partial charge in [0.1, 0.15) is 0 Å². The molecule has 4 heteroatoms. The van der Waals surface area contributed by atoms with E-state index in [0.29, 0.717) is 18.8 Å². The minimum absolute atomic E-state index is 0.0180. The highest BCUT2D eigenvalue weighted by molar-refractivity contribution is 5.97. The van der Waals surface area contributed by atoms with Crippen LogP contribution in [0.1, 0.15) is 47.5 Å². The molecule has 134 valence electrons. The maximum absolute atomic E-state index is 12.1. The van der Waals surface area contributed by atoms with Crippen molar-refractivity contribution < 1.29 is 9.59 Å². The van der Waals surface area contributed by atoms with Gasteiger partial charge >= 0.3 is 0 Å². The zero-order valence-electron chi connectivity index (χ0n) is 15.8. The van der Waals surface area contributed by atoms with E-state index in [4.69, 9.17) is 0 Å². The molecule has 0 atom stereocenters. The summed E-state index contributed by atoms with van der Waals surface area (Å²) in [6.07, 6.45) is 0.989. The molecule has 0 heterocycles. The third-order valence-corrected chi connectivity index (χ3v) is 3.69. The summed E-state index contributed by atoms with van der Waals surface area (Å²) in [5, 5.41) is 7.93. The van der Waals surface area contributed by atoms with Crippen molar-refractivity contribution in [1.82, 2.24) is 0 Å². The van der Waals surface area contributed by atoms with Crippen LogP contribution in [-0.4, -0.2) is 11.8 Å². The summed E-state index contributed by atoms with van der Waals surface area (Å²) < 4.78 is 0. The molecule has 0 saturated heterocycles. The number of hydrogen-bond donors (Lipinski definition) is 2. The topological polar surface area (TPSA) is 58.2 Å². The molecule has 25 heavy (non-hydrogen) atoms. The Morgan fingerprint density at radius 3 is 1.80 bits per heavy atom. The van der Waals surface area contributed by atoms with Gasteiger partial charge in [-0.2, -0.15) is 0 Å². The van der Waals surface area contributed by atoms with Gasteiger partial charge in [0.05, 0.1) is 0 Å². The quantitative estimate of drug-likeness (QED) is 0.786. The van der Waals surface area contributed by atoms with E-state index >= 15 is 0 Å². The molecular formula is C21H28N2O2. The van der Waals surface area contributed by atoms with Crippen molar-refractivity contribution in [1.29, 1.82) is 0 Å². The van der Waals surface area contributed by atoms with Crippen molar-refractivity contribution in [2.75, 3.05) is 10.6 Å². The molecule has 4 nitrogen and oxygen atoms in total. The predicted molar refractivity (Wildman–Crippen MR) is 105 cm³/mol. The van der Waals surface area contributed by atoms with Crippen LogP contribution >= 0.6 is 0 Å². The number of rotatable bonds is 5. The monoisotopic (exact) mass is 340 g/mol. The van der Waals surface area contributed by atoms with Gasteiger partial charge in [-0.1, -0.05) is 46.8 Å². The van der Waals surface area contributed by atoms with Crippen molar-refractivity contribution in [2.45, 2.75) is 47.5 Å². The van der Waals surface area contributed by atoms with Crippen molar-refractivity contribution in [3.63, 3.8) is 0 Å². The lowest BCUT2D eigenvalue weighted by molar-refractivity contribution is -0.118. The Morgan fingerprint density at radius 1 is 0.880 bits per heavy atom. The van der Waals surface area contributed by atoms with Crippen molar-refractivity contribution in [3.05, 3.63) is 36.4 Å². The average molecular weight is 340 g/mol. The molecule has 0 aliphatic heterocycles. The number of anilines is 2. The van der Waals surface area contributed by atoms with Crippen LogP contribution in [0.3, 0.4) is 0 Å². The molecule has 2 N–H and O–H groups in total. The second-order valence-electron chi connectivity index (χ2n) is 8.21. The zero-order valence-corrected chi connectivity index (χ0v) is 15.8. The van der Waals surface area contributed by atoms with E-state index in [1.165, 1.54) is 0 Å². The fourth-order valence-electron chi connectivity index (χ4n) is 2.67. The van der Waals surface area contributed by atoms with E-state index in [-0.39, 0.29) is 17.2 Å². The van der Waals surface area contributed by atoms with E-state index in [0.717, 1.165) is 22.1 Å². The van der Waals surface area contributed by atoms with Crippen LogP contribution in [0.4, 0.5) is 11.4 Å². The van der Waals surface area contributed by atoms with Crippen molar-refractivity contribution in [3.8, 4) is 0 Å². The molecule has 0 aliphatic carbocycles. The SMILES string of the molecule is CC(C)CC(=O)Nc1ccc2cc(NC(=O)CC(C)(C)C)ccc2c1. The minimum Gasteiger partial charge on any atom is -0.326 e. The maximum atomic E-state index is 12.1. The Kier molecular flexibility index (Phi) is 5.83. The van der Waals surface area contributed by atoms with Gasteiger partial charge in [0.25, 0.3) is 0 Å². The van der Waals surface area contributed by atoms with Gasteiger partial charge in [0.15, 0.2) is 0 Å². The fourth-order valence-corrected chi connectivity index (χ4v) is 2.67. The standard InChI is InChI=1S/C21H28N2O2/c1-14(2)10-19(24)22-17-8-6-16-12-18(9-7-15(16)11-17)23-20(25)13-21(3,4)5/h6-9,11-12,14H,10,13H2,1-5H3,(H,22,24)(H,23,25). The number of nitrogens with one attached hydrogen (secondary N) is 2. The minimum atomic E-state index is -0.0377. The molecule has 0 aromatic heterocycles.